The number of piperidine rings is 1. The van der Waals surface area contributed by atoms with Crippen molar-refractivity contribution >= 4 is 5.69 Å². The lowest BCUT2D eigenvalue weighted by Gasteiger charge is -2.33. The van der Waals surface area contributed by atoms with Gasteiger partial charge in [0.05, 0.1) is 4.92 Å². The molecule has 2 atom stereocenters. The van der Waals surface area contributed by atoms with Crippen molar-refractivity contribution in [3.05, 3.63) is 39.9 Å². The van der Waals surface area contributed by atoms with Crippen molar-refractivity contribution in [2.45, 2.75) is 44.7 Å². The first-order valence-corrected chi connectivity index (χ1v) is 7.79. The summed E-state index contributed by atoms with van der Waals surface area (Å²) in [6.07, 6.45) is 4.72. The van der Waals surface area contributed by atoms with E-state index in [9.17, 15) is 10.1 Å². The van der Waals surface area contributed by atoms with Crippen molar-refractivity contribution in [2.75, 3.05) is 20.1 Å². The third-order valence-electron chi connectivity index (χ3n) is 4.31. The Morgan fingerprint density at radius 3 is 2.90 bits per heavy atom. The molecule has 2 rings (SSSR count). The standard InChI is InChI=1S/C16H25N3O2/c1-3-16(13-7-6-9-15(11-13)19(20)21)18(2)12-14-8-4-5-10-17-14/h6-7,9,11,14,16-17H,3-5,8,10,12H2,1-2H3. The predicted octanol–water partition coefficient (Wildman–Crippen LogP) is 3.12. The van der Waals surface area contributed by atoms with Gasteiger partial charge in [0.15, 0.2) is 0 Å². The maximum Gasteiger partial charge on any atom is 0.269 e. The predicted molar refractivity (Wildman–Crippen MR) is 84.4 cm³/mol. The second kappa shape index (κ2) is 7.52. The molecule has 0 bridgehead atoms. The number of non-ortho nitro benzene ring substituents is 1. The molecule has 0 saturated carbocycles. The Hall–Kier alpha value is -1.46. The Bertz CT molecular complexity index is 472. The van der Waals surface area contributed by atoms with E-state index in [0.29, 0.717) is 6.04 Å². The van der Waals surface area contributed by atoms with E-state index in [1.54, 1.807) is 18.2 Å². The van der Waals surface area contributed by atoms with Crippen LogP contribution in [0, 0.1) is 10.1 Å². The highest BCUT2D eigenvalue weighted by atomic mass is 16.6. The summed E-state index contributed by atoms with van der Waals surface area (Å²) in [5, 5.41) is 14.5. The zero-order valence-electron chi connectivity index (χ0n) is 12.9. The van der Waals surface area contributed by atoms with Crippen LogP contribution >= 0.6 is 0 Å². The molecule has 0 aromatic heterocycles. The molecule has 1 aliphatic rings. The van der Waals surface area contributed by atoms with Crippen LogP contribution in [0.1, 0.15) is 44.2 Å². The van der Waals surface area contributed by atoms with Gasteiger partial charge < -0.3 is 5.32 Å². The topological polar surface area (TPSA) is 58.4 Å². The number of nitro benzene ring substituents is 1. The summed E-state index contributed by atoms with van der Waals surface area (Å²) in [7, 11) is 2.11. The first-order valence-electron chi connectivity index (χ1n) is 7.79. The summed E-state index contributed by atoms with van der Waals surface area (Å²) in [6.45, 7) is 4.22. The number of rotatable bonds is 6. The average molecular weight is 291 g/mol. The van der Waals surface area contributed by atoms with E-state index in [0.717, 1.165) is 25.1 Å². The fourth-order valence-corrected chi connectivity index (χ4v) is 3.20. The molecular weight excluding hydrogens is 266 g/mol. The quantitative estimate of drug-likeness (QED) is 0.646. The molecule has 0 amide bonds. The summed E-state index contributed by atoms with van der Waals surface area (Å²) in [4.78, 5) is 12.9. The summed E-state index contributed by atoms with van der Waals surface area (Å²) in [5.41, 5.74) is 1.21. The van der Waals surface area contributed by atoms with Crippen LogP contribution in [0.25, 0.3) is 0 Å². The van der Waals surface area contributed by atoms with Gasteiger partial charge in [0, 0.05) is 30.8 Å². The maximum atomic E-state index is 10.9. The fraction of sp³-hybridized carbons (Fsp3) is 0.625. The summed E-state index contributed by atoms with van der Waals surface area (Å²) >= 11 is 0. The Balaban J connectivity index is 2.06. The number of hydrogen-bond donors (Lipinski definition) is 1. The Morgan fingerprint density at radius 1 is 1.48 bits per heavy atom. The third kappa shape index (κ3) is 4.25. The highest BCUT2D eigenvalue weighted by molar-refractivity contribution is 5.35. The third-order valence-corrected chi connectivity index (χ3v) is 4.31. The van der Waals surface area contributed by atoms with Crippen molar-refractivity contribution in [1.29, 1.82) is 0 Å². The van der Waals surface area contributed by atoms with Gasteiger partial charge in [0.1, 0.15) is 0 Å². The molecule has 1 heterocycles. The van der Waals surface area contributed by atoms with Crippen molar-refractivity contribution in [3.63, 3.8) is 0 Å². The lowest BCUT2D eigenvalue weighted by Crippen LogP contribution is -2.43. The van der Waals surface area contributed by atoms with Gasteiger partial charge in [-0.2, -0.15) is 0 Å². The Labute approximate surface area is 126 Å². The summed E-state index contributed by atoms with van der Waals surface area (Å²) in [6, 6.07) is 7.80. The van der Waals surface area contributed by atoms with Gasteiger partial charge in [0.2, 0.25) is 0 Å². The van der Waals surface area contributed by atoms with E-state index < -0.39 is 0 Å². The summed E-state index contributed by atoms with van der Waals surface area (Å²) in [5.74, 6) is 0. The van der Waals surface area contributed by atoms with E-state index in [2.05, 4.69) is 24.2 Å². The van der Waals surface area contributed by atoms with Crippen molar-refractivity contribution in [3.8, 4) is 0 Å². The monoisotopic (exact) mass is 291 g/mol. The molecule has 1 N–H and O–H groups in total. The minimum atomic E-state index is -0.321. The number of nitro groups is 1. The molecule has 0 radical (unpaired) electrons. The molecule has 1 aromatic rings. The highest BCUT2D eigenvalue weighted by Gasteiger charge is 2.21. The van der Waals surface area contributed by atoms with Crippen LogP contribution < -0.4 is 5.32 Å². The van der Waals surface area contributed by atoms with E-state index in [4.69, 9.17) is 0 Å². The number of hydrogen-bond acceptors (Lipinski definition) is 4. The fourth-order valence-electron chi connectivity index (χ4n) is 3.20. The molecule has 2 unspecified atom stereocenters. The van der Waals surface area contributed by atoms with Crippen LogP contribution in [0.5, 0.6) is 0 Å². The van der Waals surface area contributed by atoms with Gasteiger partial charge >= 0.3 is 0 Å². The minimum absolute atomic E-state index is 0.176. The molecule has 21 heavy (non-hydrogen) atoms. The Morgan fingerprint density at radius 2 is 2.29 bits per heavy atom. The second-order valence-corrected chi connectivity index (χ2v) is 5.86. The first-order chi connectivity index (χ1) is 10.1. The molecule has 5 nitrogen and oxygen atoms in total. The lowest BCUT2D eigenvalue weighted by atomic mass is 10.00. The zero-order chi connectivity index (χ0) is 15.2. The summed E-state index contributed by atoms with van der Waals surface area (Å²) < 4.78 is 0. The molecular formula is C16H25N3O2. The molecule has 0 spiro atoms. The van der Waals surface area contributed by atoms with Gasteiger partial charge in [-0.1, -0.05) is 25.5 Å². The molecule has 1 aliphatic heterocycles. The van der Waals surface area contributed by atoms with Gasteiger partial charge in [-0.15, -0.1) is 0 Å². The second-order valence-electron chi connectivity index (χ2n) is 5.86. The van der Waals surface area contributed by atoms with Crippen molar-refractivity contribution in [1.82, 2.24) is 10.2 Å². The van der Waals surface area contributed by atoms with Crippen LogP contribution in [0.4, 0.5) is 5.69 Å². The van der Waals surface area contributed by atoms with Crippen LogP contribution in [0.15, 0.2) is 24.3 Å². The number of benzene rings is 1. The number of likely N-dealkylation sites (N-methyl/N-ethyl adjacent to an activating group) is 1. The Kier molecular flexibility index (Phi) is 5.70. The van der Waals surface area contributed by atoms with Crippen LogP contribution in [0.2, 0.25) is 0 Å². The van der Waals surface area contributed by atoms with Gasteiger partial charge in [-0.05, 0) is 38.4 Å². The molecule has 1 aromatic carbocycles. The van der Waals surface area contributed by atoms with Gasteiger partial charge in [-0.25, -0.2) is 0 Å². The average Bonchev–Trinajstić information content (AvgIpc) is 2.49. The lowest BCUT2D eigenvalue weighted by molar-refractivity contribution is -0.385. The zero-order valence-corrected chi connectivity index (χ0v) is 12.9. The van der Waals surface area contributed by atoms with Crippen LogP contribution in [0.3, 0.4) is 0 Å². The highest BCUT2D eigenvalue weighted by Crippen LogP contribution is 2.26. The number of nitrogens with one attached hydrogen (secondary N) is 1. The van der Waals surface area contributed by atoms with E-state index in [1.807, 2.05) is 6.07 Å². The smallest absolute Gasteiger partial charge is 0.269 e. The van der Waals surface area contributed by atoms with Gasteiger partial charge in [0.25, 0.3) is 5.69 Å². The SMILES string of the molecule is CCC(c1cccc([N+](=O)[O-])c1)N(C)CC1CCCCN1. The van der Waals surface area contributed by atoms with Crippen molar-refractivity contribution < 1.29 is 4.92 Å². The normalized spacial score (nSPS) is 20.4. The molecule has 116 valence electrons. The molecule has 5 heteroatoms. The first kappa shape index (κ1) is 15.9. The van der Waals surface area contributed by atoms with Crippen LogP contribution in [-0.2, 0) is 0 Å². The van der Waals surface area contributed by atoms with E-state index in [1.165, 1.54) is 19.3 Å². The molecule has 1 fully saturated rings. The molecule has 1 saturated heterocycles. The van der Waals surface area contributed by atoms with Crippen LogP contribution in [-0.4, -0.2) is 36.0 Å². The largest absolute Gasteiger partial charge is 0.313 e. The van der Waals surface area contributed by atoms with E-state index in [-0.39, 0.29) is 16.7 Å². The maximum absolute atomic E-state index is 10.9. The number of nitrogens with zero attached hydrogens (tertiary/aromatic N) is 2. The minimum Gasteiger partial charge on any atom is -0.313 e. The van der Waals surface area contributed by atoms with E-state index >= 15 is 0 Å². The molecule has 0 aliphatic carbocycles. The van der Waals surface area contributed by atoms with Gasteiger partial charge in [-0.3, -0.25) is 15.0 Å². The van der Waals surface area contributed by atoms with Crippen molar-refractivity contribution in [2.24, 2.45) is 0 Å².